The predicted molar refractivity (Wildman–Crippen MR) is 78.5 cm³/mol. The first-order valence-corrected chi connectivity index (χ1v) is 7.92. The van der Waals surface area contributed by atoms with Gasteiger partial charge in [-0.25, -0.2) is 0 Å². The number of thioether (sulfide) groups is 1. The van der Waals surface area contributed by atoms with Gasteiger partial charge in [0.25, 0.3) is 0 Å². The maximum Gasteiger partial charge on any atom is 0.0316 e. The maximum absolute atomic E-state index is 5.77. The van der Waals surface area contributed by atoms with Crippen LogP contribution in [0.25, 0.3) is 0 Å². The molecule has 0 amide bonds. The first-order valence-electron chi connectivity index (χ1n) is 6.77. The van der Waals surface area contributed by atoms with Gasteiger partial charge in [0.2, 0.25) is 0 Å². The maximum atomic E-state index is 5.77. The molecule has 2 N–H and O–H groups in total. The van der Waals surface area contributed by atoms with Gasteiger partial charge in [-0.3, -0.25) is 0 Å². The van der Waals surface area contributed by atoms with E-state index in [1.165, 1.54) is 55.6 Å². The molecule has 0 aliphatic heterocycles. The molecule has 1 saturated carbocycles. The smallest absolute Gasteiger partial charge is 0.0316 e. The minimum atomic E-state index is 0.890. The van der Waals surface area contributed by atoms with Crippen LogP contribution in [0.2, 0.25) is 0 Å². The molecule has 94 valence electrons. The third-order valence-corrected chi connectivity index (χ3v) is 4.82. The van der Waals surface area contributed by atoms with Gasteiger partial charge in [0.15, 0.2) is 0 Å². The van der Waals surface area contributed by atoms with E-state index in [0.717, 1.165) is 11.6 Å². The van der Waals surface area contributed by atoms with E-state index in [2.05, 4.69) is 30.0 Å². The SMILES string of the molecule is Nc1cccc(CCCSCC2CCCC2)c1. The Bertz CT molecular complexity index is 331. The standard InChI is InChI=1S/C15H23NS/c16-15-9-3-7-13(11-15)8-4-10-17-12-14-5-1-2-6-14/h3,7,9,11,14H,1-2,4-6,8,10,12,16H2. The van der Waals surface area contributed by atoms with Crippen LogP contribution in [0.5, 0.6) is 0 Å². The molecule has 1 nitrogen and oxygen atoms in total. The number of aryl methyl sites for hydroxylation is 1. The molecule has 0 unspecified atom stereocenters. The second-order valence-corrected chi connectivity index (χ2v) is 6.22. The van der Waals surface area contributed by atoms with Crippen LogP contribution in [0, 0.1) is 5.92 Å². The second kappa shape index (κ2) is 6.95. The quantitative estimate of drug-likeness (QED) is 0.606. The fourth-order valence-corrected chi connectivity index (χ4v) is 3.74. The largest absolute Gasteiger partial charge is 0.399 e. The number of rotatable bonds is 6. The van der Waals surface area contributed by atoms with Crippen molar-refractivity contribution < 1.29 is 0 Å². The lowest BCUT2D eigenvalue weighted by atomic mass is 10.1. The van der Waals surface area contributed by atoms with E-state index in [0.29, 0.717) is 0 Å². The highest BCUT2D eigenvalue weighted by Crippen LogP contribution is 2.28. The average Bonchev–Trinajstić information content (AvgIpc) is 2.82. The normalized spacial score (nSPS) is 16.5. The number of nitrogen functional groups attached to an aromatic ring is 1. The Morgan fingerprint density at radius 2 is 2.06 bits per heavy atom. The molecule has 0 bridgehead atoms. The molecule has 1 aliphatic rings. The predicted octanol–water partition coefficient (Wildman–Crippen LogP) is 4.12. The Kier molecular flexibility index (Phi) is 5.24. The topological polar surface area (TPSA) is 26.0 Å². The van der Waals surface area contributed by atoms with Gasteiger partial charge in [0.1, 0.15) is 0 Å². The molecule has 0 atom stereocenters. The lowest BCUT2D eigenvalue weighted by Gasteiger charge is -2.08. The highest BCUT2D eigenvalue weighted by atomic mass is 32.2. The molecule has 0 spiro atoms. The van der Waals surface area contributed by atoms with Gasteiger partial charge in [-0.2, -0.15) is 11.8 Å². The Balaban J connectivity index is 1.56. The van der Waals surface area contributed by atoms with E-state index in [9.17, 15) is 0 Å². The molecule has 17 heavy (non-hydrogen) atoms. The van der Waals surface area contributed by atoms with E-state index < -0.39 is 0 Å². The van der Waals surface area contributed by atoms with Crippen molar-refractivity contribution in [2.24, 2.45) is 5.92 Å². The second-order valence-electron chi connectivity index (χ2n) is 5.07. The van der Waals surface area contributed by atoms with Crippen LogP contribution in [-0.2, 0) is 6.42 Å². The molecule has 2 rings (SSSR count). The highest BCUT2D eigenvalue weighted by molar-refractivity contribution is 7.99. The Labute approximate surface area is 109 Å². The molecule has 1 aliphatic carbocycles. The molecule has 0 radical (unpaired) electrons. The van der Waals surface area contributed by atoms with Gasteiger partial charge < -0.3 is 5.73 Å². The van der Waals surface area contributed by atoms with E-state index in [1.54, 1.807) is 0 Å². The van der Waals surface area contributed by atoms with Crippen molar-refractivity contribution in [3.63, 3.8) is 0 Å². The Morgan fingerprint density at radius 3 is 2.82 bits per heavy atom. The van der Waals surface area contributed by atoms with E-state index >= 15 is 0 Å². The van der Waals surface area contributed by atoms with Crippen LogP contribution in [0.15, 0.2) is 24.3 Å². The van der Waals surface area contributed by atoms with E-state index in [1.807, 2.05) is 6.07 Å². The fourth-order valence-electron chi connectivity index (χ4n) is 2.55. The zero-order chi connectivity index (χ0) is 11.9. The van der Waals surface area contributed by atoms with Gasteiger partial charge in [0, 0.05) is 5.69 Å². The van der Waals surface area contributed by atoms with Crippen molar-refractivity contribution in [3.05, 3.63) is 29.8 Å². The van der Waals surface area contributed by atoms with Crippen LogP contribution < -0.4 is 5.73 Å². The third kappa shape index (κ3) is 4.63. The van der Waals surface area contributed by atoms with Crippen molar-refractivity contribution in [1.82, 2.24) is 0 Å². The van der Waals surface area contributed by atoms with Gasteiger partial charge in [-0.15, -0.1) is 0 Å². The Hall–Kier alpha value is -0.630. The van der Waals surface area contributed by atoms with Gasteiger partial charge in [-0.1, -0.05) is 25.0 Å². The summed E-state index contributed by atoms with van der Waals surface area (Å²) >= 11 is 2.14. The summed E-state index contributed by atoms with van der Waals surface area (Å²) in [6, 6.07) is 8.29. The number of hydrogen-bond donors (Lipinski definition) is 1. The van der Waals surface area contributed by atoms with Crippen LogP contribution in [-0.4, -0.2) is 11.5 Å². The average molecular weight is 249 g/mol. The lowest BCUT2D eigenvalue weighted by molar-refractivity contribution is 0.623. The number of benzene rings is 1. The molecule has 2 heteroatoms. The monoisotopic (exact) mass is 249 g/mol. The van der Waals surface area contributed by atoms with Crippen molar-refractivity contribution in [3.8, 4) is 0 Å². The van der Waals surface area contributed by atoms with E-state index in [-0.39, 0.29) is 0 Å². The molecular formula is C15H23NS. The van der Waals surface area contributed by atoms with Gasteiger partial charge in [-0.05, 0) is 60.8 Å². The summed E-state index contributed by atoms with van der Waals surface area (Å²) in [7, 11) is 0. The number of nitrogens with two attached hydrogens (primary N) is 1. The zero-order valence-electron chi connectivity index (χ0n) is 10.5. The van der Waals surface area contributed by atoms with Crippen molar-refractivity contribution in [2.75, 3.05) is 17.2 Å². The van der Waals surface area contributed by atoms with E-state index in [4.69, 9.17) is 5.73 Å². The summed E-state index contributed by atoms with van der Waals surface area (Å²) in [5.74, 6) is 3.70. The summed E-state index contributed by atoms with van der Waals surface area (Å²) in [6.45, 7) is 0. The molecule has 0 heterocycles. The molecule has 1 fully saturated rings. The summed E-state index contributed by atoms with van der Waals surface area (Å²) in [5.41, 5.74) is 8.04. The highest BCUT2D eigenvalue weighted by Gasteiger charge is 2.14. The van der Waals surface area contributed by atoms with Crippen LogP contribution in [0.1, 0.15) is 37.7 Å². The molecule has 0 aromatic heterocycles. The lowest BCUT2D eigenvalue weighted by Crippen LogP contribution is -1.98. The summed E-state index contributed by atoms with van der Waals surface area (Å²) < 4.78 is 0. The zero-order valence-corrected chi connectivity index (χ0v) is 11.3. The first-order chi connectivity index (χ1) is 8.34. The summed E-state index contributed by atoms with van der Waals surface area (Å²) in [6.07, 6.45) is 8.33. The van der Waals surface area contributed by atoms with Crippen molar-refractivity contribution in [1.29, 1.82) is 0 Å². The van der Waals surface area contributed by atoms with Crippen LogP contribution in [0.4, 0.5) is 5.69 Å². The molecule has 0 saturated heterocycles. The fraction of sp³-hybridized carbons (Fsp3) is 0.600. The number of anilines is 1. The van der Waals surface area contributed by atoms with Crippen molar-refractivity contribution in [2.45, 2.75) is 38.5 Å². The molecular weight excluding hydrogens is 226 g/mol. The van der Waals surface area contributed by atoms with Crippen molar-refractivity contribution >= 4 is 17.4 Å². The number of hydrogen-bond acceptors (Lipinski definition) is 2. The first kappa shape index (κ1) is 12.8. The van der Waals surface area contributed by atoms with Gasteiger partial charge >= 0.3 is 0 Å². The Morgan fingerprint density at radius 1 is 1.24 bits per heavy atom. The molecule has 1 aromatic rings. The van der Waals surface area contributed by atoms with Gasteiger partial charge in [0.05, 0.1) is 0 Å². The third-order valence-electron chi connectivity index (χ3n) is 3.53. The molecule has 1 aromatic carbocycles. The summed E-state index contributed by atoms with van der Waals surface area (Å²) in [4.78, 5) is 0. The van der Waals surface area contributed by atoms with Crippen LogP contribution >= 0.6 is 11.8 Å². The minimum absolute atomic E-state index is 0.890. The minimum Gasteiger partial charge on any atom is -0.399 e. The summed E-state index contributed by atoms with van der Waals surface area (Å²) in [5, 5.41) is 0. The van der Waals surface area contributed by atoms with Crippen LogP contribution in [0.3, 0.4) is 0 Å².